The highest BCUT2D eigenvalue weighted by atomic mass is 16.5. The molecule has 128 valence electrons. The number of methoxy groups -OCH3 is 1. The lowest BCUT2D eigenvalue weighted by Crippen LogP contribution is -2.41. The van der Waals surface area contributed by atoms with E-state index >= 15 is 0 Å². The molecule has 2 aromatic rings. The van der Waals surface area contributed by atoms with Crippen molar-refractivity contribution in [3.8, 4) is 0 Å². The van der Waals surface area contributed by atoms with E-state index in [1.807, 2.05) is 48.5 Å². The van der Waals surface area contributed by atoms with E-state index in [2.05, 4.69) is 5.32 Å². The van der Waals surface area contributed by atoms with Crippen LogP contribution in [0.4, 0.5) is 0 Å². The fraction of sp³-hybridized carbons (Fsp3) is 0.316. The monoisotopic (exact) mass is 328 g/mol. The lowest BCUT2D eigenvalue weighted by Gasteiger charge is -2.26. The number of hydrogen-bond acceptors (Lipinski definition) is 4. The fourth-order valence-corrected chi connectivity index (χ4v) is 2.48. The van der Waals surface area contributed by atoms with Crippen LogP contribution < -0.4 is 11.1 Å². The molecule has 0 saturated heterocycles. The molecule has 0 fully saturated rings. The Balaban J connectivity index is 1.86. The van der Waals surface area contributed by atoms with E-state index in [0.29, 0.717) is 12.0 Å². The van der Waals surface area contributed by atoms with Gasteiger partial charge >= 0.3 is 0 Å². The molecule has 24 heavy (non-hydrogen) atoms. The molecule has 2 atom stereocenters. The van der Waals surface area contributed by atoms with Crippen molar-refractivity contribution in [2.24, 2.45) is 5.73 Å². The van der Waals surface area contributed by atoms with E-state index in [4.69, 9.17) is 10.5 Å². The average molecular weight is 328 g/mol. The van der Waals surface area contributed by atoms with Crippen molar-refractivity contribution in [2.75, 3.05) is 7.11 Å². The Bertz CT molecular complexity index is 630. The molecule has 2 aromatic carbocycles. The van der Waals surface area contributed by atoms with Gasteiger partial charge in [-0.1, -0.05) is 60.7 Å². The van der Waals surface area contributed by atoms with Crippen LogP contribution in [-0.2, 0) is 21.7 Å². The van der Waals surface area contributed by atoms with Gasteiger partial charge in [0.15, 0.2) is 0 Å². The molecule has 0 aliphatic rings. The molecule has 1 amide bonds. The number of benzene rings is 2. The zero-order valence-corrected chi connectivity index (χ0v) is 13.8. The number of nitrogens with one attached hydrogen (secondary N) is 1. The third kappa shape index (κ3) is 5.45. The van der Waals surface area contributed by atoms with Crippen LogP contribution in [0.3, 0.4) is 0 Å². The van der Waals surface area contributed by atoms with E-state index in [0.717, 1.165) is 5.56 Å². The normalized spacial score (nSPS) is 14.6. The molecule has 0 aliphatic heterocycles. The third-order valence-electron chi connectivity index (χ3n) is 3.88. The summed E-state index contributed by atoms with van der Waals surface area (Å²) in [5.74, 6) is -0.131. The summed E-state index contributed by atoms with van der Waals surface area (Å²) >= 11 is 0. The zero-order chi connectivity index (χ0) is 17.4. The second-order valence-corrected chi connectivity index (χ2v) is 5.78. The number of nitrogens with two attached hydrogens (primary N) is 1. The minimum absolute atomic E-state index is 0.131. The quantitative estimate of drug-likeness (QED) is 0.646. The van der Waals surface area contributed by atoms with Crippen molar-refractivity contribution in [1.82, 2.24) is 5.32 Å². The molecule has 2 rings (SSSR count). The summed E-state index contributed by atoms with van der Waals surface area (Å²) in [7, 11) is 1.52. The van der Waals surface area contributed by atoms with Crippen LogP contribution in [0.5, 0.6) is 0 Å². The molecule has 5 heteroatoms. The molecule has 5 nitrogen and oxygen atoms in total. The summed E-state index contributed by atoms with van der Waals surface area (Å²) < 4.78 is 5.29. The van der Waals surface area contributed by atoms with Crippen molar-refractivity contribution in [3.05, 3.63) is 71.8 Å². The van der Waals surface area contributed by atoms with Crippen LogP contribution in [0.15, 0.2) is 60.7 Å². The highest BCUT2D eigenvalue weighted by Crippen LogP contribution is 2.21. The number of ether oxygens (including phenoxy) is 1. The van der Waals surface area contributed by atoms with E-state index < -0.39 is 12.0 Å². The van der Waals surface area contributed by atoms with Gasteiger partial charge in [-0.2, -0.15) is 0 Å². The molecule has 0 aliphatic carbocycles. The molecule has 4 N–H and O–H groups in total. The molecular formula is C19H24N2O3. The van der Waals surface area contributed by atoms with Crippen molar-refractivity contribution in [2.45, 2.75) is 31.2 Å². The van der Waals surface area contributed by atoms with Gasteiger partial charge in [0.05, 0.1) is 6.42 Å². The molecule has 0 aromatic heterocycles. The Morgan fingerprint density at radius 1 is 1.17 bits per heavy atom. The summed E-state index contributed by atoms with van der Waals surface area (Å²) in [5, 5.41) is 13.2. The highest BCUT2D eigenvalue weighted by Gasteiger charge is 2.25. The first-order valence-electron chi connectivity index (χ1n) is 7.94. The summed E-state index contributed by atoms with van der Waals surface area (Å²) in [6.45, 7) is 0. The Hall–Kier alpha value is -2.21. The van der Waals surface area contributed by atoms with Gasteiger partial charge in [-0.15, -0.1) is 0 Å². The van der Waals surface area contributed by atoms with Gasteiger partial charge < -0.3 is 15.2 Å². The smallest absolute Gasteiger partial charge is 0.226 e. The number of amides is 1. The Labute approximate surface area is 142 Å². The second kappa shape index (κ2) is 8.59. The molecule has 0 heterocycles. The van der Waals surface area contributed by atoms with Crippen LogP contribution in [0.1, 0.15) is 24.0 Å². The molecular weight excluding hydrogens is 304 g/mol. The third-order valence-corrected chi connectivity index (χ3v) is 3.88. The highest BCUT2D eigenvalue weighted by molar-refractivity contribution is 5.78. The summed E-state index contributed by atoms with van der Waals surface area (Å²) in [4.78, 5) is 12.1. The number of carbonyl (C=O) groups is 1. The van der Waals surface area contributed by atoms with E-state index in [-0.39, 0.29) is 18.7 Å². The summed E-state index contributed by atoms with van der Waals surface area (Å²) in [5.41, 5.74) is 6.10. The first-order valence-corrected chi connectivity index (χ1v) is 7.94. The van der Waals surface area contributed by atoms with Gasteiger partial charge in [0.2, 0.25) is 5.91 Å². The molecule has 0 spiro atoms. The van der Waals surface area contributed by atoms with Crippen LogP contribution in [0, 0.1) is 0 Å². The average Bonchev–Trinajstić information content (AvgIpc) is 2.60. The SMILES string of the molecule is COC(CCC(N)(O)c1ccccc1)NC(=O)Cc1ccccc1. The Morgan fingerprint density at radius 2 is 1.75 bits per heavy atom. The standard InChI is InChI=1S/C19H24N2O3/c1-24-18(21-17(22)14-15-8-4-2-5-9-15)12-13-19(20,23)16-10-6-3-7-11-16/h2-11,18,23H,12-14,20H2,1H3,(H,21,22). The summed E-state index contributed by atoms with van der Waals surface area (Å²) in [6.07, 6.45) is 0.451. The van der Waals surface area contributed by atoms with Crippen molar-refractivity contribution in [1.29, 1.82) is 0 Å². The van der Waals surface area contributed by atoms with Crippen molar-refractivity contribution in [3.63, 3.8) is 0 Å². The van der Waals surface area contributed by atoms with E-state index in [1.165, 1.54) is 7.11 Å². The van der Waals surface area contributed by atoms with Gasteiger partial charge in [-0.3, -0.25) is 10.5 Å². The largest absolute Gasteiger partial charge is 0.372 e. The minimum atomic E-state index is -1.46. The van der Waals surface area contributed by atoms with Gasteiger partial charge in [0, 0.05) is 7.11 Å². The summed E-state index contributed by atoms with van der Waals surface area (Å²) in [6, 6.07) is 18.5. The van der Waals surface area contributed by atoms with Crippen LogP contribution >= 0.6 is 0 Å². The number of hydrogen-bond donors (Lipinski definition) is 3. The predicted molar refractivity (Wildman–Crippen MR) is 92.8 cm³/mol. The van der Waals surface area contributed by atoms with Gasteiger partial charge in [-0.05, 0) is 24.0 Å². The van der Waals surface area contributed by atoms with Gasteiger partial charge in [0.1, 0.15) is 12.0 Å². The number of aliphatic hydroxyl groups is 1. The van der Waals surface area contributed by atoms with E-state index in [1.54, 1.807) is 12.1 Å². The zero-order valence-electron chi connectivity index (χ0n) is 13.8. The molecule has 0 saturated carbocycles. The van der Waals surface area contributed by atoms with Gasteiger partial charge in [0.25, 0.3) is 0 Å². The topological polar surface area (TPSA) is 84.6 Å². The van der Waals surface area contributed by atoms with Crippen molar-refractivity contribution >= 4 is 5.91 Å². The maximum Gasteiger partial charge on any atom is 0.226 e. The van der Waals surface area contributed by atoms with E-state index in [9.17, 15) is 9.90 Å². The lowest BCUT2D eigenvalue weighted by atomic mass is 9.98. The fourth-order valence-electron chi connectivity index (χ4n) is 2.48. The van der Waals surface area contributed by atoms with Crippen LogP contribution in [0.25, 0.3) is 0 Å². The lowest BCUT2D eigenvalue weighted by molar-refractivity contribution is -0.124. The maximum atomic E-state index is 12.1. The molecule has 2 unspecified atom stereocenters. The van der Waals surface area contributed by atoms with Crippen LogP contribution in [-0.4, -0.2) is 24.4 Å². The second-order valence-electron chi connectivity index (χ2n) is 5.78. The Morgan fingerprint density at radius 3 is 2.33 bits per heavy atom. The first kappa shape index (κ1) is 18.1. The predicted octanol–water partition coefficient (Wildman–Crippen LogP) is 1.90. The number of rotatable bonds is 8. The molecule has 0 bridgehead atoms. The minimum Gasteiger partial charge on any atom is -0.372 e. The first-order chi connectivity index (χ1) is 11.5. The van der Waals surface area contributed by atoms with Crippen molar-refractivity contribution < 1.29 is 14.6 Å². The number of carbonyl (C=O) groups excluding carboxylic acids is 1. The van der Waals surface area contributed by atoms with Gasteiger partial charge in [-0.25, -0.2) is 0 Å². The van der Waals surface area contributed by atoms with Crippen LogP contribution in [0.2, 0.25) is 0 Å². The Kier molecular flexibility index (Phi) is 6.49. The molecule has 0 radical (unpaired) electrons. The maximum absolute atomic E-state index is 12.1.